The highest BCUT2D eigenvalue weighted by atomic mass is 16.6. The number of carbonyl (C=O) groups excluding carboxylic acids is 3. The maximum atomic E-state index is 13.0. The van der Waals surface area contributed by atoms with Crippen molar-refractivity contribution in [3.05, 3.63) is 47.3 Å². The Bertz CT molecular complexity index is 1050. The van der Waals surface area contributed by atoms with Crippen molar-refractivity contribution in [2.75, 3.05) is 25.1 Å². The van der Waals surface area contributed by atoms with Crippen LogP contribution in [0.15, 0.2) is 30.5 Å². The van der Waals surface area contributed by atoms with Crippen LogP contribution in [0, 0.1) is 0 Å². The van der Waals surface area contributed by atoms with Gasteiger partial charge in [0.1, 0.15) is 5.60 Å². The molecule has 1 fully saturated rings. The van der Waals surface area contributed by atoms with Crippen LogP contribution in [0.2, 0.25) is 0 Å². The molecule has 1 atom stereocenters. The third-order valence-corrected chi connectivity index (χ3v) is 5.72. The van der Waals surface area contributed by atoms with Gasteiger partial charge in [0, 0.05) is 25.4 Å². The lowest BCUT2D eigenvalue weighted by Gasteiger charge is -2.31. The van der Waals surface area contributed by atoms with Gasteiger partial charge in [-0.15, -0.1) is 0 Å². The van der Waals surface area contributed by atoms with E-state index in [-0.39, 0.29) is 24.3 Å². The maximum Gasteiger partial charge on any atom is 0.410 e. The van der Waals surface area contributed by atoms with Gasteiger partial charge >= 0.3 is 12.1 Å². The average Bonchev–Trinajstić information content (AvgIpc) is 3.34. The molecule has 32 heavy (non-hydrogen) atoms. The fourth-order valence-electron chi connectivity index (χ4n) is 4.24. The summed E-state index contributed by atoms with van der Waals surface area (Å²) in [5.74, 6) is -0.596. The van der Waals surface area contributed by atoms with Crippen LogP contribution >= 0.6 is 0 Å². The van der Waals surface area contributed by atoms with E-state index in [1.54, 1.807) is 28.1 Å². The predicted molar refractivity (Wildman–Crippen MR) is 116 cm³/mol. The number of benzene rings is 1. The van der Waals surface area contributed by atoms with E-state index in [0.29, 0.717) is 37.4 Å². The van der Waals surface area contributed by atoms with Crippen molar-refractivity contribution < 1.29 is 23.9 Å². The molecule has 0 bridgehead atoms. The first-order valence-electron chi connectivity index (χ1n) is 10.7. The van der Waals surface area contributed by atoms with Gasteiger partial charge in [0.2, 0.25) is 5.91 Å². The quantitative estimate of drug-likeness (QED) is 0.681. The van der Waals surface area contributed by atoms with Gasteiger partial charge in [-0.2, -0.15) is 5.10 Å². The van der Waals surface area contributed by atoms with E-state index in [0.717, 1.165) is 11.3 Å². The van der Waals surface area contributed by atoms with Gasteiger partial charge in [-0.1, -0.05) is 18.2 Å². The number of anilines is 1. The molecule has 1 aromatic heterocycles. The van der Waals surface area contributed by atoms with E-state index in [1.807, 2.05) is 37.6 Å². The molecule has 2 aliphatic heterocycles. The van der Waals surface area contributed by atoms with Crippen LogP contribution in [-0.2, 0) is 27.4 Å². The number of esters is 1. The number of rotatable bonds is 3. The largest absolute Gasteiger partial charge is 0.465 e. The van der Waals surface area contributed by atoms with Crippen LogP contribution in [-0.4, -0.2) is 58.5 Å². The Morgan fingerprint density at radius 1 is 1.16 bits per heavy atom. The van der Waals surface area contributed by atoms with Crippen molar-refractivity contribution in [1.82, 2.24) is 14.7 Å². The lowest BCUT2D eigenvalue weighted by molar-refractivity contribution is -0.117. The number of amides is 2. The molecule has 0 aliphatic carbocycles. The lowest BCUT2D eigenvalue weighted by atomic mass is 9.93. The van der Waals surface area contributed by atoms with Crippen molar-refractivity contribution >= 4 is 23.7 Å². The zero-order valence-corrected chi connectivity index (χ0v) is 18.8. The van der Waals surface area contributed by atoms with Gasteiger partial charge in [-0.25, -0.2) is 9.59 Å². The zero-order valence-electron chi connectivity index (χ0n) is 18.8. The Morgan fingerprint density at radius 2 is 1.91 bits per heavy atom. The molecule has 170 valence electrons. The molecule has 2 amide bonds. The van der Waals surface area contributed by atoms with E-state index in [9.17, 15) is 14.4 Å². The molecular weight excluding hydrogens is 412 g/mol. The number of aromatic nitrogens is 2. The van der Waals surface area contributed by atoms with Gasteiger partial charge in [0.25, 0.3) is 0 Å². The number of nitrogens with zero attached hydrogens (tertiary/aromatic N) is 4. The van der Waals surface area contributed by atoms with Gasteiger partial charge in [0.05, 0.1) is 43.3 Å². The van der Waals surface area contributed by atoms with E-state index >= 15 is 0 Å². The molecule has 1 unspecified atom stereocenters. The Morgan fingerprint density at radius 3 is 2.62 bits per heavy atom. The smallest absolute Gasteiger partial charge is 0.410 e. The lowest BCUT2D eigenvalue weighted by Crippen LogP contribution is -2.42. The highest BCUT2D eigenvalue weighted by Gasteiger charge is 2.37. The van der Waals surface area contributed by atoms with Crippen LogP contribution in [0.25, 0.3) is 0 Å². The minimum atomic E-state index is -0.581. The van der Waals surface area contributed by atoms with Crippen molar-refractivity contribution in [3.63, 3.8) is 0 Å². The van der Waals surface area contributed by atoms with Crippen LogP contribution in [0.4, 0.5) is 10.5 Å². The molecule has 0 saturated carbocycles. The van der Waals surface area contributed by atoms with Gasteiger partial charge < -0.3 is 19.3 Å². The van der Waals surface area contributed by atoms with Crippen LogP contribution < -0.4 is 4.90 Å². The Balaban J connectivity index is 1.56. The molecule has 4 rings (SSSR count). The van der Waals surface area contributed by atoms with E-state index in [2.05, 4.69) is 5.10 Å². The van der Waals surface area contributed by atoms with E-state index in [1.165, 1.54) is 7.11 Å². The number of fused-ring (bicyclic) bond motifs is 1. The summed E-state index contributed by atoms with van der Waals surface area (Å²) in [4.78, 5) is 41.1. The van der Waals surface area contributed by atoms with Gasteiger partial charge in [-0.05, 0) is 32.4 Å². The summed E-state index contributed by atoms with van der Waals surface area (Å²) in [7, 11) is 1.35. The molecule has 2 aliphatic rings. The minimum absolute atomic E-state index is 0.0418. The third kappa shape index (κ3) is 4.19. The first-order chi connectivity index (χ1) is 15.2. The summed E-state index contributed by atoms with van der Waals surface area (Å²) < 4.78 is 12.2. The Kier molecular flexibility index (Phi) is 5.66. The summed E-state index contributed by atoms with van der Waals surface area (Å²) in [6.07, 6.45) is 1.59. The summed E-state index contributed by atoms with van der Waals surface area (Å²) in [5.41, 5.74) is 2.19. The number of ether oxygens (including phenoxy) is 2. The molecule has 9 heteroatoms. The average molecular weight is 441 g/mol. The summed E-state index contributed by atoms with van der Waals surface area (Å²) in [6.45, 7) is 7.27. The highest BCUT2D eigenvalue weighted by molar-refractivity contribution is 5.98. The fraction of sp³-hybridized carbons (Fsp3) is 0.478. The maximum absolute atomic E-state index is 13.0. The molecule has 0 N–H and O–H groups in total. The molecular formula is C23H28N4O5. The summed E-state index contributed by atoms with van der Waals surface area (Å²) in [6, 6.07) is 7.22. The third-order valence-electron chi connectivity index (χ3n) is 5.72. The van der Waals surface area contributed by atoms with Crippen LogP contribution in [0.5, 0.6) is 0 Å². The fourth-order valence-corrected chi connectivity index (χ4v) is 4.24. The predicted octanol–water partition coefficient (Wildman–Crippen LogP) is 2.94. The number of hydrogen-bond donors (Lipinski definition) is 0. The zero-order chi connectivity index (χ0) is 23.0. The standard InChI is InChI=1S/C23H28N4O5/c1-23(2,3)32-22(30)25-9-10-27-19(14-25)18(12-24-27)26-13-15(11-20(26)28)16-7-5-6-8-17(16)21(29)31-4/h5-8,12,15H,9-11,13-14H2,1-4H3. The number of carbonyl (C=O) groups is 3. The molecule has 2 aromatic rings. The summed E-state index contributed by atoms with van der Waals surface area (Å²) in [5, 5.41) is 4.43. The normalized spacial score (nSPS) is 18.5. The second kappa shape index (κ2) is 8.29. The SMILES string of the molecule is COC(=O)c1ccccc1C1CC(=O)N(c2cnn3c2CN(C(=O)OC(C)(C)C)CC3)C1. The van der Waals surface area contributed by atoms with Crippen LogP contribution in [0.1, 0.15) is 54.7 Å². The van der Waals surface area contributed by atoms with E-state index in [4.69, 9.17) is 9.47 Å². The molecule has 9 nitrogen and oxygen atoms in total. The van der Waals surface area contributed by atoms with Crippen molar-refractivity contribution in [2.45, 2.75) is 51.8 Å². The monoisotopic (exact) mass is 440 g/mol. The molecule has 0 spiro atoms. The van der Waals surface area contributed by atoms with Crippen molar-refractivity contribution in [2.24, 2.45) is 0 Å². The van der Waals surface area contributed by atoms with Crippen molar-refractivity contribution in [1.29, 1.82) is 0 Å². The molecule has 1 aromatic carbocycles. The summed E-state index contributed by atoms with van der Waals surface area (Å²) >= 11 is 0. The molecule has 1 saturated heterocycles. The first kappa shape index (κ1) is 21.9. The second-order valence-corrected chi connectivity index (χ2v) is 9.09. The van der Waals surface area contributed by atoms with Crippen molar-refractivity contribution in [3.8, 4) is 0 Å². The first-order valence-corrected chi connectivity index (χ1v) is 10.7. The number of methoxy groups -OCH3 is 1. The Hall–Kier alpha value is -3.36. The minimum Gasteiger partial charge on any atom is -0.465 e. The van der Waals surface area contributed by atoms with Crippen LogP contribution in [0.3, 0.4) is 0 Å². The molecule has 0 radical (unpaired) electrons. The Labute approximate surface area is 186 Å². The topological polar surface area (TPSA) is 94.0 Å². The molecule has 3 heterocycles. The van der Waals surface area contributed by atoms with Gasteiger partial charge in [-0.3, -0.25) is 9.48 Å². The van der Waals surface area contributed by atoms with Gasteiger partial charge in [0.15, 0.2) is 0 Å². The van der Waals surface area contributed by atoms with E-state index < -0.39 is 11.6 Å². The number of hydrogen-bond acceptors (Lipinski definition) is 6. The highest BCUT2D eigenvalue weighted by Crippen LogP contribution is 2.36. The second-order valence-electron chi connectivity index (χ2n) is 9.09.